The van der Waals surface area contributed by atoms with Gasteiger partial charge in [0.05, 0.1) is 6.42 Å². The van der Waals surface area contributed by atoms with Gasteiger partial charge in [0.1, 0.15) is 0 Å². The summed E-state index contributed by atoms with van der Waals surface area (Å²) < 4.78 is 0. The molecular formula is C13H13NO4. The summed E-state index contributed by atoms with van der Waals surface area (Å²) in [6.07, 6.45) is 0.275. The molecule has 0 spiro atoms. The Hall–Kier alpha value is -2.17. The molecular weight excluding hydrogens is 234 g/mol. The van der Waals surface area contributed by atoms with Crippen LogP contribution in [0.2, 0.25) is 0 Å². The maximum atomic E-state index is 11.9. The van der Waals surface area contributed by atoms with Crippen LogP contribution in [0.15, 0.2) is 18.2 Å². The van der Waals surface area contributed by atoms with Gasteiger partial charge in [-0.1, -0.05) is 0 Å². The molecule has 1 amide bonds. The lowest BCUT2D eigenvalue weighted by Crippen LogP contribution is -2.13. The standard InChI is InChI=1S/C13H13NO4/c1-7(15)14-10-2-3-11-8(5-10)4-9(13(11)18)6-12(16)17/h2-3,5,9H,4,6H2,1H3,(H,14,15)(H,16,17)/t9-/m1/s1. The summed E-state index contributed by atoms with van der Waals surface area (Å²) in [5.41, 5.74) is 2.00. The van der Waals surface area contributed by atoms with Crippen LogP contribution in [0.1, 0.15) is 29.3 Å². The molecule has 0 saturated carbocycles. The first-order valence-electron chi connectivity index (χ1n) is 5.64. The zero-order valence-corrected chi connectivity index (χ0v) is 9.90. The van der Waals surface area contributed by atoms with Crippen molar-refractivity contribution in [2.75, 3.05) is 5.32 Å². The minimum atomic E-state index is -0.969. The van der Waals surface area contributed by atoms with E-state index < -0.39 is 11.9 Å². The molecule has 2 rings (SSSR count). The number of carbonyl (C=O) groups is 3. The fraction of sp³-hybridized carbons (Fsp3) is 0.308. The van der Waals surface area contributed by atoms with Crippen molar-refractivity contribution >= 4 is 23.3 Å². The van der Waals surface area contributed by atoms with E-state index in [-0.39, 0.29) is 18.1 Å². The molecule has 94 valence electrons. The first-order valence-corrected chi connectivity index (χ1v) is 5.64. The highest BCUT2D eigenvalue weighted by atomic mass is 16.4. The Morgan fingerprint density at radius 3 is 2.78 bits per heavy atom. The fourth-order valence-corrected chi connectivity index (χ4v) is 2.24. The summed E-state index contributed by atoms with van der Waals surface area (Å²) in [4.78, 5) is 33.5. The predicted molar refractivity (Wildman–Crippen MR) is 64.5 cm³/mol. The average molecular weight is 247 g/mol. The molecule has 1 aliphatic carbocycles. The second-order valence-electron chi connectivity index (χ2n) is 4.42. The zero-order valence-electron chi connectivity index (χ0n) is 9.90. The van der Waals surface area contributed by atoms with Crippen molar-refractivity contribution in [3.8, 4) is 0 Å². The maximum absolute atomic E-state index is 11.9. The van der Waals surface area contributed by atoms with E-state index in [0.29, 0.717) is 17.7 Å². The highest BCUT2D eigenvalue weighted by Crippen LogP contribution is 2.30. The number of hydrogen-bond donors (Lipinski definition) is 2. The molecule has 0 saturated heterocycles. The van der Waals surface area contributed by atoms with Gasteiger partial charge in [0.25, 0.3) is 0 Å². The van der Waals surface area contributed by atoms with Gasteiger partial charge in [0, 0.05) is 24.1 Å². The van der Waals surface area contributed by atoms with Crippen LogP contribution in [0.3, 0.4) is 0 Å². The molecule has 5 heteroatoms. The fourth-order valence-electron chi connectivity index (χ4n) is 2.24. The zero-order chi connectivity index (χ0) is 13.3. The van der Waals surface area contributed by atoms with Crippen molar-refractivity contribution in [3.05, 3.63) is 29.3 Å². The minimum absolute atomic E-state index is 0.123. The summed E-state index contributed by atoms with van der Waals surface area (Å²) in [7, 11) is 0. The Morgan fingerprint density at radius 2 is 2.17 bits per heavy atom. The van der Waals surface area contributed by atoms with Crippen molar-refractivity contribution in [3.63, 3.8) is 0 Å². The van der Waals surface area contributed by atoms with Crippen LogP contribution in [0.5, 0.6) is 0 Å². The molecule has 0 fully saturated rings. The largest absolute Gasteiger partial charge is 0.481 e. The van der Waals surface area contributed by atoms with Gasteiger partial charge < -0.3 is 10.4 Å². The molecule has 2 N–H and O–H groups in total. The lowest BCUT2D eigenvalue weighted by atomic mass is 10.0. The Morgan fingerprint density at radius 1 is 1.44 bits per heavy atom. The van der Waals surface area contributed by atoms with E-state index in [0.717, 1.165) is 5.56 Å². The Labute approximate surface area is 104 Å². The summed E-state index contributed by atoms with van der Waals surface area (Å²) in [5, 5.41) is 11.4. The van der Waals surface area contributed by atoms with E-state index in [1.807, 2.05) is 0 Å². The summed E-state index contributed by atoms with van der Waals surface area (Å²) in [6.45, 7) is 1.41. The number of aliphatic carboxylic acids is 1. The molecule has 18 heavy (non-hydrogen) atoms. The van der Waals surface area contributed by atoms with Gasteiger partial charge in [0.2, 0.25) is 5.91 Å². The van der Waals surface area contributed by atoms with Gasteiger partial charge in [-0.05, 0) is 30.2 Å². The molecule has 0 heterocycles. The molecule has 0 aromatic heterocycles. The Kier molecular flexibility index (Phi) is 3.14. The van der Waals surface area contributed by atoms with Gasteiger partial charge in [-0.2, -0.15) is 0 Å². The van der Waals surface area contributed by atoms with Crippen molar-refractivity contribution in [2.45, 2.75) is 19.8 Å². The molecule has 0 bridgehead atoms. The lowest BCUT2D eigenvalue weighted by molar-refractivity contribution is -0.137. The smallest absolute Gasteiger partial charge is 0.304 e. The van der Waals surface area contributed by atoms with Crippen LogP contribution in [0.25, 0.3) is 0 Å². The van der Waals surface area contributed by atoms with Crippen LogP contribution < -0.4 is 5.32 Å². The average Bonchev–Trinajstić information content (AvgIpc) is 2.54. The molecule has 0 unspecified atom stereocenters. The number of carboxylic acid groups (broad SMARTS) is 1. The molecule has 1 aromatic rings. The van der Waals surface area contributed by atoms with Crippen LogP contribution >= 0.6 is 0 Å². The quantitative estimate of drug-likeness (QED) is 0.847. The molecule has 1 aliphatic rings. The monoisotopic (exact) mass is 247 g/mol. The Bertz CT molecular complexity index is 536. The number of Topliss-reactive ketones (excluding diaryl/α,β-unsaturated/α-hetero) is 1. The summed E-state index contributed by atoms with van der Waals surface area (Å²) >= 11 is 0. The highest BCUT2D eigenvalue weighted by molar-refractivity contribution is 6.04. The van der Waals surface area contributed by atoms with E-state index in [2.05, 4.69) is 5.32 Å². The van der Waals surface area contributed by atoms with Crippen LogP contribution in [0, 0.1) is 5.92 Å². The molecule has 0 aliphatic heterocycles. The third-order valence-corrected chi connectivity index (χ3v) is 2.95. The second-order valence-corrected chi connectivity index (χ2v) is 4.42. The third-order valence-electron chi connectivity index (χ3n) is 2.95. The topological polar surface area (TPSA) is 83.5 Å². The molecule has 5 nitrogen and oxygen atoms in total. The van der Waals surface area contributed by atoms with Crippen molar-refractivity contribution in [1.29, 1.82) is 0 Å². The van der Waals surface area contributed by atoms with Crippen LogP contribution in [0.4, 0.5) is 5.69 Å². The van der Waals surface area contributed by atoms with E-state index in [1.165, 1.54) is 6.92 Å². The number of carboxylic acids is 1. The number of rotatable bonds is 3. The summed E-state index contributed by atoms with van der Waals surface area (Å²) in [6, 6.07) is 5.03. The van der Waals surface area contributed by atoms with Gasteiger partial charge in [-0.15, -0.1) is 0 Å². The highest BCUT2D eigenvalue weighted by Gasteiger charge is 2.32. The number of fused-ring (bicyclic) bond motifs is 1. The normalized spacial score (nSPS) is 17.4. The minimum Gasteiger partial charge on any atom is -0.481 e. The molecule has 1 aromatic carbocycles. The number of benzene rings is 1. The van der Waals surface area contributed by atoms with Gasteiger partial charge in [0.15, 0.2) is 5.78 Å². The Balaban J connectivity index is 2.23. The first kappa shape index (κ1) is 12.3. The van der Waals surface area contributed by atoms with Gasteiger partial charge in [-0.25, -0.2) is 0 Å². The van der Waals surface area contributed by atoms with Crippen molar-refractivity contribution in [1.82, 2.24) is 0 Å². The third kappa shape index (κ3) is 2.40. The van der Waals surface area contributed by atoms with Crippen LogP contribution in [-0.4, -0.2) is 22.8 Å². The number of amides is 1. The van der Waals surface area contributed by atoms with E-state index in [9.17, 15) is 14.4 Å². The van der Waals surface area contributed by atoms with E-state index in [1.54, 1.807) is 18.2 Å². The van der Waals surface area contributed by atoms with E-state index >= 15 is 0 Å². The second kappa shape index (κ2) is 4.60. The number of nitrogens with one attached hydrogen (secondary N) is 1. The van der Waals surface area contributed by atoms with Gasteiger partial charge >= 0.3 is 5.97 Å². The number of ketones is 1. The first-order chi connectivity index (χ1) is 8.47. The molecule has 1 atom stereocenters. The SMILES string of the molecule is CC(=O)Nc1ccc2c(c1)C[C@H](CC(=O)O)C2=O. The van der Waals surface area contributed by atoms with E-state index in [4.69, 9.17) is 5.11 Å². The maximum Gasteiger partial charge on any atom is 0.304 e. The lowest BCUT2D eigenvalue weighted by Gasteiger charge is -2.03. The summed E-state index contributed by atoms with van der Waals surface area (Å²) in [5.74, 6) is -1.75. The number of carbonyl (C=O) groups excluding carboxylic acids is 2. The van der Waals surface area contributed by atoms with Crippen LogP contribution in [-0.2, 0) is 16.0 Å². The van der Waals surface area contributed by atoms with Crippen molar-refractivity contribution in [2.24, 2.45) is 5.92 Å². The van der Waals surface area contributed by atoms with Gasteiger partial charge in [-0.3, -0.25) is 14.4 Å². The number of hydrogen-bond acceptors (Lipinski definition) is 3. The molecule has 0 radical (unpaired) electrons. The van der Waals surface area contributed by atoms with Crippen molar-refractivity contribution < 1.29 is 19.5 Å². The number of anilines is 1. The predicted octanol–water partition coefficient (Wildman–Crippen LogP) is 1.47.